The molecule has 2 aliphatic rings. The molecule has 2 aromatic heterocycles. The number of nitrogens with one attached hydrogen (secondary N) is 3. The fourth-order valence-corrected chi connectivity index (χ4v) is 4.38. The van der Waals surface area contributed by atoms with Crippen LogP contribution in [0.4, 0.5) is 5.82 Å². The molecule has 0 radical (unpaired) electrons. The molecule has 1 aliphatic carbocycles. The highest BCUT2D eigenvalue weighted by molar-refractivity contribution is 7.71. The summed E-state index contributed by atoms with van der Waals surface area (Å²) in [4.78, 5) is 31.2. The van der Waals surface area contributed by atoms with E-state index in [-0.39, 0.29) is 16.1 Å². The molecule has 0 bridgehead atoms. The Bertz CT molecular complexity index is 1280. The minimum absolute atomic E-state index is 0.0284. The number of rotatable bonds is 2. The summed E-state index contributed by atoms with van der Waals surface area (Å²) >= 11 is 11.1. The molecule has 3 N–H and O–H groups in total. The van der Waals surface area contributed by atoms with Gasteiger partial charge in [-0.2, -0.15) is 0 Å². The van der Waals surface area contributed by atoms with Gasteiger partial charge in [-0.25, -0.2) is 0 Å². The minimum Gasteiger partial charge on any atom is -0.460 e. The summed E-state index contributed by atoms with van der Waals surface area (Å²) in [6.07, 6.45) is 1.96. The maximum atomic E-state index is 12.8. The van der Waals surface area contributed by atoms with Gasteiger partial charge in [0.25, 0.3) is 5.56 Å². The highest BCUT2D eigenvalue weighted by atomic mass is 35.5. The number of hydrogen-bond donors (Lipinski definition) is 3. The van der Waals surface area contributed by atoms with Gasteiger partial charge in [-0.3, -0.25) is 14.6 Å². The van der Waals surface area contributed by atoms with Gasteiger partial charge in [0.05, 0.1) is 11.5 Å². The van der Waals surface area contributed by atoms with Crippen LogP contribution < -0.4 is 10.9 Å². The summed E-state index contributed by atoms with van der Waals surface area (Å²) in [5.74, 6) is 1.13. The van der Waals surface area contributed by atoms with Crippen molar-refractivity contribution in [1.29, 1.82) is 0 Å². The molecule has 1 atom stereocenters. The largest absolute Gasteiger partial charge is 0.460 e. The number of Topliss-reactive ketones (excluding diaryl/α,β-unsaturated/α-hetero) is 1. The van der Waals surface area contributed by atoms with Crippen LogP contribution in [-0.2, 0) is 4.79 Å². The monoisotopic (exact) mass is 425 g/mol. The van der Waals surface area contributed by atoms with E-state index in [4.69, 9.17) is 28.2 Å². The van der Waals surface area contributed by atoms with Gasteiger partial charge in [0.1, 0.15) is 17.3 Å². The highest BCUT2D eigenvalue weighted by Crippen LogP contribution is 2.44. The summed E-state index contributed by atoms with van der Waals surface area (Å²) in [6.45, 7) is 0. The molecule has 0 spiro atoms. The van der Waals surface area contributed by atoms with Gasteiger partial charge in [-0.05, 0) is 61.5 Å². The molecular formula is C21H16ClN3O3S. The number of ketones is 1. The number of anilines is 1. The summed E-state index contributed by atoms with van der Waals surface area (Å²) in [5, 5.41) is 3.85. The molecule has 1 aliphatic heterocycles. The number of halogens is 1. The smallest absolute Gasteiger partial charge is 0.258 e. The molecule has 3 heterocycles. The van der Waals surface area contributed by atoms with Crippen molar-refractivity contribution in [1.82, 2.24) is 9.97 Å². The fraction of sp³-hybridized carbons (Fsp3) is 0.190. The van der Waals surface area contributed by atoms with E-state index < -0.39 is 5.92 Å². The minimum atomic E-state index is -0.592. The van der Waals surface area contributed by atoms with Crippen molar-refractivity contribution < 1.29 is 9.21 Å². The van der Waals surface area contributed by atoms with E-state index >= 15 is 0 Å². The van der Waals surface area contributed by atoms with Gasteiger partial charge in [-0.1, -0.05) is 11.6 Å². The Morgan fingerprint density at radius 1 is 1.03 bits per heavy atom. The number of aromatic nitrogens is 2. The van der Waals surface area contributed by atoms with Crippen molar-refractivity contribution in [3.8, 4) is 11.3 Å². The number of allylic oxidation sites excluding steroid dienone is 2. The van der Waals surface area contributed by atoms with Crippen LogP contribution in [0.2, 0.25) is 5.02 Å². The number of benzene rings is 1. The van der Waals surface area contributed by atoms with Crippen LogP contribution in [0.1, 0.15) is 36.5 Å². The van der Waals surface area contributed by atoms with Crippen LogP contribution in [0.3, 0.4) is 0 Å². The molecule has 29 heavy (non-hydrogen) atoms. The number of furan rings is 1. The van der Waals surface area contributed by atoms with Gasteiger partial charge in [0.2, 0.25) is 0 Å². The Morgan fingerprint density at radius 2 is 1.83 bits per heavy atom. The van der Waals surface area contributed by atoms with E-state index in [9.17, 15) is 9.59 Å². The predicted molar refractivity (Wildman–Crippen MR) is 113 cm³/mol. The lowest BCUT2D eigenvalue weighted by atomic mass is 9.79. The zero-order valence-electron chi connectivity index (χ0n) is 15.2. The summed E-state index contributed by atoms with van der Waals surface area (Å²) in [7, 11) is 0. The number of hydrogen-bond acceptors (Lipinski definition) is 5. The second-order valence-corrected chi connectivity index (χ2v) is 7.98. The van der Waals surface area contributed by atoms with Gasteiger partial charge in [0, 0.05) is 28.3 Å². The molecule has 0 saturated heterocycles. The van der Waals surface area contributed by atoms with Gasteiger partial charge in [-0.15, -0.1) is 0 Å². The average molecular weight is 426 g/mol. The molecule has 3 aromatic rings. The van der Waals surface area contributed by atoms with Crippen LogP contribution >= 0.6 is 23.8 Å². The third-order valence-corrected chi connectivity index (χ3v) is 5.79. The van der Waals surface area contributed by atoms with Gasteiger partial charge < -0.3 is 14.7 Å². The number of fused-ring (bicyclic) bond motifs is 1. The van der Waals surface area contributed by atoms with Crippen molar-refractivity contribution in [2.45, 2.75) is 25.2 Å². The van der Waals surface area contributed by atoms with Crippen molar-refractivity contribution in [3.63, 3.8) is 0 Å². The lowest BCUT2D eigenvalue weighted by Crippen LogP contribution is -2.32. The molecule has 0 fully saturated rings. The fourth-order valence-electron chi connectivity index (χ4n) is 4.06. The van der Waals surface area contributed by atoms with Crippen LogP contribution in [0.15, 0.2) is 56.9 Å². The zero-order valence-corrected chi connectivity index (χ0v) is 16.7. The first-order chi connectivity index (χ1) is 14.0. The Hall–Kier alpha value is -2.90. The van der Waals surface area contributed by atoms with Crippen LogP contribution in [0.25, 0.3) is 11.3 Å². The molecular weight excluding hydrogens is 410 g/mol. The second-order valence-electron chi connectivity index (χ2n) is 7.13. The maximum Gasteiger partial charge on any atom is 0.258 e. The predicted octanol–water partition coefficient (Wildman–Crippen LogP) is 4.91. The van der Waals surface area contributed by atoms with Crippen LogP contribution in [-0.4, -0.2) is 15.8 Å². The number of H-pyrrole nitrogens is 2. The number of carbonyl (C=O) groups excluding carboxylic acids is 1. The lowest BCUT2D eigenvalue weighted by Gasteiger charge is -2.31. The van der Waals surface area contributed by atoms with E-state index in [0.717, 1.165) is 24.1 Å². The molecule has 0 amide bonds. The standard InChI is InChI=1S/C21H16ClN3O3S/c22-11-6-4-10(5-7-11)14-8-9-15(28-14)17-16-12(2-1-3-13(16)26)23-19-18(17)20(27)25-21(29)24-19/h4-9,17H,1-3H2,(H3,23,24,25,27,29). The summed E-state index contributed by atoms with van der Waals surface area (Å²) in [5.41, 5.74) is 2.34. The lowest BCUT2D eigenvalue weighted by molar-refractivity contribution is -0.116. The first-order valence-corrected chi connectivity index (χ1v) is 10.1. The first-order valence-electron chi connectivity index (χ1n) is 9.26. The molecule has 1 unspecified atom stereocenters. The Morgan fingerprint density at radius 3 is 2.62 bits per heavy atom. The normalized spacial score (nSPS) is 18.2. The van der Waals surface area contributed by atoms with E-state index in [1.807, 2.05) is 24.3 Å². The first kappa shape index (κ1) is 18.1. The molecule has 146 valence electrons. The zero-order chi connectivity index (χ0) is 20.1. The highest BCUT2D eigenvalue weighted by Gasteiger charge is 2.39. The van der Waals surface area contributed by atoms with Gasteiger partial charge >= 0.3 is 0 Å². The molecule has 5 rings (SSSR count). The van der Waals surface area contributed by atoms with E-state index in [1.54, 1.807) is 12.1 Å². The number of aromatic amines is 2. The Labute approximate surface area is 175 Å². The summed E-state index contributed by atoms with van der Waals surface area (Å²) < 4.78 is 6.37. The Balaban J connectivity index is 1.69. The molecule has 0 saturated carbocycles. The van der Waals surface area contributed by atoms with Gasteiger partial charge in [0.15, 0.2) is 10.6 Å². The summed E-state index contributed by atoms with van der Waals surface area (Å²) in [6, 6.07) is 11.0. The third kappa shape index (κ3) is 3.07. The van der Waals surface area contributed by atoms with Crippen molar-refractivity contribution >= 4 is 35.4 Å². The van der Waals surface area contributed by atoms with Crippen molar-refractivity contribution in [2.24, 2.45) is 0 Å². The van der Waals surface area contributed by atoms with Crippen molar-refractivity contribution in [3.05, 3.63) is 79.1 Å². The second kappa shape index (κ2) is 6.86. The quantitative estimate of drug-likeness (QED) is 0.507. The average Bonchev–Trinajstić information content (AvgIpc) is 3.17. The van der Waals surface area contributed by atoms with Crippen LogP contribution in [0, 0.1) is 4.77 Å². The van der Waals surface area contributed by atoms with Crippen LogP contribution in [0.5, 0.6) is 0 Å². The molecule has 1 aromatic carbocycles. The van der Waals surface area contributed by atoms with E-state index in [0.29, 0.717) is 39.9 Å². The maximum absolute atomic E-state index is 12.8. The van der Waals surface area contributed by atoms with Crippen molar-refractivity contribution in [2.75, 3.05) is 5.32 Å². The topological polar surface area (TPSA) is 90.9 Å². The molecule has 6 nitrogen and oxygen atoms in total. The van der Waals surface area contributed by atoms with E-state index in [1.165, 1.54) is 0 Å². The SMILES string of the molecule is O=C1CCCC2=C1C(c1ccc(-c3ccc(Cl)cc3)o1)c1c([nH]c(=S)[nH]c1=O)N2. The Kier molecular flexibility index (Phi) is 4.29. The van der Waals surface area contributed by atoms with E-state index in [2.05, 4.69) is 15.3 Å². The molecule has 8 heteroatoms. The number of carbonyl (C=O) groups is 1. The third-order valence-electron chi connectivity index (χ3n) is 5.33.